The van der Waals surface area contributed by atoms with Crippen molar-refractivity contribution in [3.8, 4) is 0 Å². The second-order valence-electron chi connectivity index (χ2n) is 7.63. The SMILES string of the molecule is S=c1nc(C23CC4CC(CC(C4)C2)C3)[nH]c2ccccc12. The van der Waals surface area contributed by atoms with Crippen LogP contribution in [-0.4, -0.2) is 9.97 Å². The van der Waals surface area contributed by atoms with Gasteiger partial charge in [-0.2, -0.15) is 0 Å². The van der Waals surface area contributed by atoms with E-state index in [0.717, 1.165) is 33.3 Å². The molecule has 2 nitrogen and oxygen atoms in total. The fourth-order valence-corrected chi connectivity index (χ4v) is 6.02. The molecule has 108 valence electrons. The normalized spacial score (nSPS) is 37.2. The van der Waals surface area contributed by atoms with Crippen molar-refractivity contribution < 1.29 is 0 Å². The highest BCUT2D eigenvalue weighted by Crippen LogP contribution is 2.60. The summed E-state index contributed by atoms with van der Waals surface area (Å²) in [4.78, 5) is 8.50. The molecule has 1 aromatic heterocycles. The molecule has 0 radical (unpaired) electrons. The second kappa shape index (κ2) is 4.16. The predicted octanol–water partition coefficient (Wildman–Crippen LogP) is 4.76. The number of nitrogens with one attached hydrogen (secondary N) is 1. The van der Waals surface area contributed by atoms with Gasteiger partial charge in [0.25, 0.3) is 0 Å². The second-order valence-corrected chi connectivity index (χ2v) is 8.02. The van der Waals surface area contributed by atoms with E-state index in [1.165, 1.54) is 44.3 Å². The Hall–Kier alpha value is -1.22. The quantitative estimate of drug-likeness (QED) is 0.769. The standard InChI is InChI=1S/C18H20N2S/c21-16-14-3-1-2-4-15(14)19-17(20-16)18-8-11-5-12(9-18)7-13(6-11)10-18/h1-4,11-13H,5-10H2,(H,19,20,21). The summed E-state index contributed by atoms with van der Waals surface area (Å²) in [5.74, 6) is 4.00. The Balaban J connectivity index is 1.69. The van der Waals surface area contributed by atoms with Crippen molar-refractivity contribution in [3.63, 3.8) is 0 Å². The van der Waals surface area contributed by atoms with Crippen LogP contribution in [0.25, 0.3) is 10.9 Å². The van der Waals surface area contributed by atoms with Crippen LogP contribution < -0.4 is 0 Å². The Morgan fingerprint density at radius 3 is 2.29 bits per heavy atom. The molecule has 4 aliphatic carbocycles. The summed E-state index contributed by atoms with van der Waals surface area (Å²) < 4.78 is 0.773. The number of hydrogen-bond acceptors (Lipinski definition) is 2. The van der Waals surface area contributed by atoms with Crippen molar-refractivity contribution in [1.29, 1.82) is 0 Å². The lowest BCUT2D eigenvalue weighted by molar-refractivity contribution is -0.00927. The Kier molecular flexibility index (Phi) is 2.44. The summed E-state index contributed by atoms with van der Waals surface area (Å²) in [5.41, 5.74) is 1.45. The van der Waals surface area contributed by atoms with Crippen LogP contribution in [0.4, 0.5) is 0 Å². The molecule has 1 heterocycles. The van der Waals surface area contributed by atoms with E-state index in [1.807, 2.05) is 6.07 Å². The maximum atomic E-state index is 5.57. The molecule has 4 bridgehead atoms. The van der Waals surface area contributed by atoms with E-state index in [-0.39, 0.29) is 0 Å². The molecule has 4 fully saturated rings. The van der Waals surface area contributed by atoms with Crippen molar-refractivity contribution in [2.75, 3.05) is 0 Å². The first-order chi connectivity index (χ1) is 10.2. The van der Waals surface area contributed by atoms with E-state index < -0.39 is 0 Å². The van der Waals surface area contributed by atoms with E-state index >= 15 is 0 Å². The Morgan fingerprint density at radius 2 is 1.62 bits per heavy atom. The van der Waals surface area contributed by atoms with Crippen molar-refractivity contribution in [2.24, 2.45) is 17.8 Å². The number of fused-ring (bicyclic) bond motifs is 1. The number of H-pyrrole nitrogens is 1. The predicted molar refractivity (Wildman–Crippen MR) is 86.8 cm³/mol. The van der Waals surface area contributed by atoms with E-state index in [4.69, 9.17) is 17.2 Å². The highest BCUT2D eigenvalue weighted by atomic mass is 32.1. The van der Waals surface area contributed by atoms with E-state index in [0.29, 0.717) is 5.41 Å². The smallest absolute Gasteiger partial charge is 0.137 e. The van der Waals surface area contributed by atoms with Gasteiger partial charge in [-0.05, 0) is 68.4 Å². The molecule has 0 spiro atoms. The number of hydrogen-bond donors (Lipinski definition) is 1. The van der Waals surface area contributed by atoms with Crippen molar-refractivity contribution >= 4 is 23.1 Å². The molecule has 4 saturated carbocycles. The number of nitrogens with zero attached hydrogens (tertiary/aromatic N) is 1. The van der Waals surface area contributed by atoms with Crippen molar-refractivity contribution in [2.45, 2.75) is 43.9 Å². The number of aromatic amines is 1. The third-order valence-electron chi connectivity index (χ3n) is 6.16. The number of benzene rings is 1. The zero-order valence-corrected chi connectivity index (χ0v) is 13.0. The number of rotatable bonds is 1. The average molecular weight is 296 g/mol. The Morgan fingerprint density at radius 1 is 1.00 bits per heavy atom. The highest BCUT2D eigenvalue weighted by Gasteiger charge is 2.52. The van der Waals surface area contributed by atoms with Gasteiger partial charge < -0.3 is 4.98 Å². The molecule has 6 rings (SSSR count). The molecule has 3 heteroatoms. The molecule has 0 aliphatic heterocycles. The van der Waals surface area contributed by atoms with Gasteiger partial charge in [0.2, 0.25) is 0 Å². The summed E-state index contributed by atoms with van der Waals surface area (Å²) in [6.07, 6.45) is 8.38. The molecule has 0 amide bonds. The van der Waals surface area contributed by atoms with Gasteiger partial charge in [-0.3, -0.25) is 0 Å². The molecule has 0 saturated heterocycles. The van der Waals surface area contributed by atoms with Crippen LogP contribution in [-0.2, 0) is 5.41 Å². The maximum Gasteiger partial charge on any atom is 0.137 e. The van der Waals surface area contributed by atoms with Gasteiger partial charge in [0.05, 0.1) is 0 Å². The summed E-state index contributed by atoms with van der Waals surface area (Å²) in [6.45, 7) is 0. The van der Waals surface area contributed by atoms with Crippen molar-refractivity contribution in [1.82, 2.24) is 9.97 Å². The fraction of sp³-hybridized carbons (Fsp3) is 0.556. The van der Waals surface area contributed by atoms with Gasteiger partial charge in [0.15, 0.2) is 0 Å². The fourth-order valence-electron chi connectivity index (χ4n) is 5.75. The summed E-state index contributed by atoms with van der Waals surface area (Å²) in [7, 11) is 0. The third kappa shape index (κ3) is 1.76. The summed E-state index contributed by atoms with van der Waals surface area (Å²) in [5, 5.41) is 1.08. The lowest BCUT2D eigenvalue weighted by Crippen LogP contribution is -2.49. The minimum absolute atomic E-state index is 0.298. The first-order valence-corrected chi connectivity index (χ1v) is 8.62. The number of aromatic nitrogens is 2. The van der Waals surface area contributed by atoms with Crippen LogP contribution in [0.3, 0.4) is 0 Å². The van der Waals surface area contributed by atoms with Crippen LogP contribution >= 0.6 is 12.2 Å². The summed E-state index contributed by atoms with van der Waals surface area (Å²) >= 11 is 5.57. The third-order valence-corrected chi connectivity index (χ3v) is 6.48. The first kappa shape index (κ1) is 12.3. The van der Waals surface area contributed by atoms with Gasteiger partial charge in [-0.1, -0.05) is 24.4 Å². The minimum atomic E-state index is 0.298. The van der Waals surface area contributed by atoms with Gasteiger partial charge in [0.1, 0.15) is 10.5 Å². The lowest BCUT2D eigenvalue weighted by atomic mass is 9.49. The average Bonchev–Trinajstić information content (AvgIpc) is 2.46. The molecule has 1 N–H and O–H groups in total. The molecule has 0 unspecified atom stereocenters. The molecule has 4 aliphatic rings. The molecular formula is C18H20N2S. The zero-order chi connectivity index (χ0) is 14.0. The van der Waals surface area contributed by atoms with Crippen LogP contribution in [0.15, 0.2) is 24.3 Å². The number of para-hydroxylation sites is 1. The monoisotopic (exact) mass is 296 g/mol. The summed E-state index contributed by atoms with van der Waals surface area (Å²) in [6, 6.07) is 8.33. The van der Waals surface area contributed by atoms with Crippen LogP contribution in [0, 0.1) is 22.4 Å². The van der Waals surface area contributed by atoms with E-state index in [2.05, 4.69) is 23.2 Å². The van der Waals surface area contributed by atoms with Crippen LogP contribution in [0.2, 0.25) is 0 Å². The van der Waals surface area contributed by atoms with E-state index in [9.17, 15) is 0 Å². The topological polar surface area (TPSA) is 28.7 Å². The van der Waals surface area contributed by atoms with Crippen molar-refractivity contribution in [3.05, 3.63) is 34.7 Å². The Labute approximate surface area is 130 Å². The molecule has 1 aromatic carbocycles. The first-order valence-electron chi connectivity index (χ1n) is 8.21. The maximum absolute atomic E-state index is 5.57. The van der Waals surface area contributed by atoms with Crippen LogP contribution in [0.1, 0.15) is 44.3 Å². The van der Waals surface area contributed by atoms with Crippen LogP contribution in [0.5, 0.6) is 0 Å². The highest BCUT2D eigenvalue weighted by molar-refractivity contribution is 7.71. The minimum Gasteiger partial charge on any atom is -0.343 e. The van der Waals surface area contributed by atoms with E-state index in [1.54, 1.807) is 0 Å². The zero-order valence-electron chi connectivity index (χ0n) is 12.1. The molecular weight excluding hydrogens is 276 g/mol. The van der Waals surface area contributed by atoms with Gasteiger partial charge in [-0.15, -0.1) is 0 Å². The van der Waals surface area contributed by atoms with Gasteiger partial charge >= 0.3 is 0 Å². The largest absolute Gasteiger partial charge is 0.343 e. The van der Waals surface area contributed by atoms with Gasteiger partial charge in [0, 0.05) is 16.3 Å². The molecule has 2 aromatic rings. The molecule has 21 heavy (non-hydrogen) atoms. The lowest BCUT2D eigenvalue weighted by Gasteiger charge is -2.56. The Bertz CT molecular complexity index is 741. The molecule has 0 atom stereocenters. The van der Waals surface area contributed by atoms with Gasteiger partial charge in [-0.25, -0.2) is 4.98 Å².